The van der Waals surface area contributed by atoms with E-state index in [4.69, 9.17) is 16.3 Å². The Morgan fingerprint density at radius 2 is 2.09 bits per heavy atom. The van der Waals surface area contributed by atoms with Crippen molar-refractivity contribution in [1.29, 1.82) is 0 Å². The Kier molecular flexibility index (Phi) is 4.18. The van der Waals surface area contributed by atoms with Gasteiger partial charge in [-0.25, -0.2) is 4.79 Å². The minimum Gasteiger partial charge on any atom is -0.451 e. The van der Waals surface area contributed by atoms with Crippen LogP contribution >= 0.6 is 22.9 Å². The van der Waals surface area contributed by atoms with Crippen molar-refractivity contribution in [3.8, 4) is 0 Å². The Morgan fingerprint density at radius 1 is 1.32 bits per heavy atom. The van der Waals surface area contributed by atoms with Crippen molar-refractivity contribution in [2.75, 3.05) is 11.5 Å². The maximum Gasteiger partial charge on any atom is 0.348 e. The number of halogens is 1. The minimum absolute atomic E-state index is 0.0692. The fraction of sp³-hybridized carbons (Fsp3) is 0.250. The number of carbonyl (C=O) groups is 2. The molecule has 0 aliphatic carbocycles. The van der Waals surface area contributed by atoms with Crippen LogP contribution in [0.15, 0.2) is 36.4 Å². The van der Waals surface area contributed by atoms with Gasteiger partial charge in [-0.05, 0) is 37.1 Å². The van der Waals surface area contributed by atoms with Gasteiger partial charge in [0.25, 0.3) is 5.91 Å². The van der Waals surface area contributed by atoms with Crippen molar-refractivity contribution in [2.24, 2.45) is 0 Å². The normalized spacial score (nSPS) is 16.5. The fourth-order valence-corrected chi connectivity index (χ4v) is 3.57. The summed E-state index contributed by atoms with van der Waals surface area (Å²) >= 11 is 6.92. The second-order valence-electron chi connectivity index (χ2n) is 5.13. The average Bonchev–Trinajstić information content (AvgIpc) is 3.07. The highest BCUT2D eigenvalue weighted by Gasteiger charge is 2.31. The molecule has 2 aromatic rings. The molecule has 114 valence electrons. The first-order chi connectivity index (χ1) is 10.6. The number of carbonyl (C=O) groups excluding carboxylic acids is 2. The fourth-order valence-electron chi connectivity index (χ4n) is 2.64. The third kappa shape index (κ3) is 2.87. The molecule has 1 aromatic carbocycles. The van der Waals surface area contributed by atoms with Crippen LogP contribution in [0.1, 0.15) is 22.2 Å². The first-order valence-corrected chi connectivity index (χ1v) is 8.08. The zero-order valence-electron chi connectivity index (χ0n) is 11.9. The van der Waals surface area contributed by atoms with Crippen LogP contribution in [0.2, 0.25) is 4.34 Å². The number of para-hydroxylation sites is 1. The van der Waals surface area contributed by atoms with Gasteiger partial charge in [0.15, 0.2) is 6.61 Å². The molecule has 0 saturated carbocycles. The number of hydrogen-bond donors (Lipinski definition) is 0. The van der Waals surface area contributed by atoms with Gasteiger partial charge in [0.05, 0.1) is 4.34 Å². The molecule has 0 spiro atoms. The quantitative estimate of drug-likeness (QED) is 0.806. The van der Waals surface area contributed by atoms with Crippen molar-refractivity contribution < 1.29 is 14.3 Å². The molecule has 0 radical (unpaired) electrons. The van der Waals surface area contributed by atoms with Gasteiger partial charge in [0.1, 0.15) is 4.88 Å². The zero-order valence-corrected chi connectivity index (χ0v) is 13.5. The second-order valence-corrected chi connectivity index (χ2v) is 6.84. The second kappa shape index (κ2) is 6.10. The van der Waals surface area contributed by atoms with Gasteiger partial charge in [-0.3, -0.25) is 4.79 Å². The summed E-state index contributed by atoms with van der Waals surface area (Å²) in [6.45, 7) is 1.71. The van der Waals surface area contributed by atoms with Gasteiger partial charge >= 0.3 is 5.97 Å². The molecule has 4 nitrogen and oxygen atoms in total. The lowest BCUT2D eigenvalue weighted by atomic mass is 10.1. The third-order valence-electron chi connectivity index (χ3n) is 3.58. The minimum atomic E-state index is -0.523. The molecule has 1 atom stereocenters. The van der Waals surface area contributed by atoms with E-state index in [1.54, 1.807) is 17.0 Å². The standard InChI is InChI=1S/C16H14ClNO3S/c1-10-8-11-4-2-3-5-12(11)18(10)15(19)9-21-16(20)13-6-7-14(17)22-13/h2-7,10H,8-9H2,1H3. The van der Waals surface area contributed by atoms with Crippen LogP contribution in [0, 0.1) is 0 Å². The number of rotatable bonds is 3. The van der Waals surface area contributed by atoms with Crippen LogP contribution < -0.4 is 4.90 Å². The molecular weight excluding hydrogens is 322 g/mol. The van der Waals surface area contributed by atoms with Gasteiger partial charge < -0.3 is 9.64 Å². The number of thiophene rings is 1. The summed E-state index contributed by atoms with van der Waals surface area (Å²) in [6, 6.07) is 11.1. The lowest BCUT2D eigenvalue weighted by molar-refractivity contribution is -0.122. The predicted octanol–water partition coefficient (Wildman–Crippen LogP) is 3.54. The largest absolute Gasteiger partial charge is 0.451 e. The summed E-state index contributed by atoms with van der Waals surface area (Å²) in [4.78, 5) is 26.3. The maximum absolute atomic E-state index is 12.4. The van der Waals surface area contributed by atoms with E-state index < -0.39 is 5.97 Å². The molecule has 2 heterocycles. The number of nitrogens with zero attached hydrogens (tertiary/aromatic N) is 1. The summed E-state index contributed by atoms with van der Waals surface area (Å²) in [5, 5.41) is 0. The Bertz CT molecular complexity index is 728. The Morgan fingerprint density at radius 3 is 2.82 bits per heavy atom. The number of ether oxygens (including phenoxy) is 1. The highest BCUT2D eigenvalue weighted by molar-refractivity contribution is 7.17. The summed E-state index contributed by atoms with van der Waals surface area (Å²) in [6.07, 6.45) is 0.816. The van der Waals surface area contributed by atoms with Crippen LogP contribution in [0.3, 0.4) is 0 Å². The van der Waals surface area contributed by atoms with E-state index in [0.29, 0.717) is 9.21 Å². The summed E-state index contributed by atoms with van der Waals surface area (Å²) in [5.41, 5.74) is 2.04. The molecule has 0 saturated heterocycles. The van der Waals surface area contributed by atoms with Crippen LogP contribution in [0.4, 0.5) is 5.69 Å². The first kappa shape index (κ1) is 15.1. The van der Waals surface area contributed by atoms with E-state index in [1.165, 1.54) is 0 Å². The van der Waals surface area contributed by atoms with Crippen molar-refractivity contribution in [3.63, 3.8) is 0 Å². The van der Waals surface area contributed by atoms with E-state index in [0.717, 1.165) is 29.0 Å². The SMILES string of the molecule is CC1Cc2ccccc2N1C(=O)COC(=O)c1ccc(Cl)s1. The first-order valence-electron chi connectivity index (χ1n) is 6.88. The lowest BCUT2D eigenvalue weighted by Gasteiger charge is -2.22. The maximum atomic E-state index is 12.4. The van der Waals surface area contributed by atoms with Gasteiger partial charge in [0, 0.05) is 11.7 Å². The predicted molar refractivity (Wildman–Crippen MR) is 86.7 cm³/mol. The number of anilines is 1. The number of hydrogen-bond acceptors (Lipinski definition) is 4. The average molecular weight is 336 g/mol. The number of amides is 1. The molecule has 22 heavy (non-hydrogen) atoms. The monoisotopic (exact) mass is 335 g/mol. The van der Waals surface area contributed by atoms with Crippen molar-refractivity contribution in [1.82, 2.24) is 0 Å². The van der Waals surface area contributed by atoms with Crippen molar-refractivity contribution in [3.05, 3.63) is 51.2 Å². The molecule has 6 heteroatoms. The highest BCUT2D eigenvalue weighted by Crippen LogP contribution is 2.31. The molecular formula is C16H14ClNO3S. The van der Waals surface area contributed by atoms with Crippen LogP contribution in [0.5, 0.6) is 0 Å². The molecule has 0 fully saturated rings. The molecule has 1 aliphatic heterocycles. The third-order valence-corrected chi connectivity index (χ3v) is 4.79. The van der Waals surface area contributed by atoms with E-state index in [9.17, 15) is 9.59 Å². The highest BCUT2D eigenvalue weighted by atomic mass is 35.5. The number of fused-ring (bicyclic) bond motifs is 1. The summed E-state index contributed by atoms with van der Waals surface area (Å²) in [7, 11) is 0. The molecule has 1 aliphatic rings. The molecule has 3 rings (SSSR count). The summed E-state index contributed by atoms with van der Waals surface area (Å²) < 4.78 is 5.61. The molecule has 1 amide bonds. The van der Waals surface area contributed by atoms with Gasteiger partial charge in [-0.1, -0.05) is 29.8 Å². The van der Waals surface area contributed by atoms with E-state index in [-0.39, 0.29) is 18.6 Å². The van der Waals surface area contributed by atoms with E-state index in [2.05, 4.69) is 0 Å². The topological polar surface area (TPSA) is 46.6 Å². The van der Waals surface area contributed by atoms with Crippen LogP contribution in [-0.2, 0) is 16.0 Å². The lowest BCUT2D eigenvalue weighted by Crippen LogP contribution is -2.38. The Hall–Kier alpha value is -1.85. The zero-order chi connectivity index (χ0) is 15.7. The molecule has 1 aromatic heterocycles. The van der Waals surface area contributed by atoms with Gasteiger partial charge in [-0.15, -0.1) is 11.3 Å². The molecule has 1 unspecified atom stereocenters. The van der Waals surface area contributed by atoms with Crippen LogP contribution in [0.25, 0.3) is 0 Å². The van der Waals surface area contributed by atoms with Crippen molar-refractivity contribution >= 4 is 40.5 Å². The molecule has 0 N–H and O–H groups in total. The molecule has 0 bridgehead atoms. The van der Waals surface area contributed by atoms with Gasteiger partial charge in [-0.2, -0.15) is 0 Å². The van der Waals surface area contributed by atoms with E-state index >= 15 is 0 Å². The van der Waals surface area contributed by atoms with E-state index in [1.807, 2.05) is 31.2 Å². The summed E-state index contributed by atoms with van der Waals surface area (Å²) in [5.74, 6) is -0.737. The van der Waals surface area contributed by atoms with Crippen LogP contribution in [-0.4, -0.2) is 24.5 Å². The Balaban J connectivity index is 1.66. The van der Waals surface area contributed by atoms with Gasteiger partial charge in [0.2, 0.25) is 0 Å². The smallest absolute Gasteiger partial charge is 0.348 e. The number of esters is 1. The Labute approximate surface area is 137 Å². The number of benzene rings is 1. The van der Waals surface area contributed by atoms with Crippen molar-refractivity contribution in [2.45, 2.75) is 19.4 Å².